The Bertz CT molecular complexity index is 544. The van der Waals surface area contributed by atoms with Crippen LogP contribution in [0.5, 0.6) is 5.88 Å². The highest BCUT2D eigenvalue weighted by Crippen LogP contribution is 2.21. The highest BCUT2D eigenvalue weighted by atomic mass is 35.5. The summed E-state index contributed by atoms with van der Waals surface area (Å²) in [6, 6.07) is 5.78. The van der Waals surface area contributed by atoms with Gasteiger partial charge in [-0.25, -0.2) is 4.98 Å². The number of ether oxygens (including phenoxy) is 1. The van der Waals surface area contributed by atoms with E-state index >= 15 is 0 Å². The molecule has 0 fully saturated rings. The van der Waals surface area contributed by atoms with Gasteiger partial charge in [-0.05, 0) is 32.4 Å². The fourth-order valence-electron chi connectivity index (χ4n) is 1.62. The van der Waals surface area contributed by atoms with Gasteiger partial charge >= 0.3 is 0 Å². The number of thiophene rings is 1. The van der Waals surface area contributed by atoms with Gasteiger partial charge in [0.25, 0.3) is 0 Å². The van der Waals surface area contributed by atoms with Gasteiger partial charge in [-0.3, -0.25) is 0 Å². The number of nitrogens with one attached hydrogen (secondary N) is 1. The van der Waals surface area contributed by atoms with E-state index < -0.39 is 0 Å². The molecule has 0 bridgehead atoms. The quantitative estimate of drug-likeness (QED) is 0.886. The van der Waals surface area contributed by atoms with Crippen LogP contribution in [0.4, 0.5) is 5.95 Å². The molecule has 0 atom stereocenters. The lowest BCUT2D eigenvalue weighted by Gasteiger charge is -2.07. The normalized spacial score (nSPS) is 10.5. The topological polar surface area (TPSA) is 47.0 Å². The first-order valence-electron chi connectivity index (χ1n) is 6.14. The maximum absolute atomic E-state index is 5.89. The summed E-state index contributed by atoms with van der Waals surface area (Å²) in [5.74, 6) is 1.21. The van der Waals surface area contributed by atoms with Crippen LogP contribution >= 0.6 is 22.9 Å². The van der Waals surface area contributed by atoms with E-state index in [4.69, 9.17) is 16.3 Å². The molecule has 2 heterocycles. The SMILES string of the molecule is CCOc1cc(C)nc(NCCc2ccc(Cl)s2)n1. The number of hydrogen-bond acceptors (Lipinski definition) is 5. The molecule has 19 heavy (non-hydrogen) atoms. The summed E-state index contributed by atoms with van der Waals surface area (Å²) in [5.41, 5.74) is 0.889. The lowest BCUT2D eigenvalue weighted by Crippen LogP contribution is -2.09. The molecule has 0 aliphatic rings. The van der Waals surface area contributed by atoms with Crippen molar-refractivity contribution in [3.63, 3.8) is 0 Å². The molecule has 6 heteroatoms. The maximum atomic E-state index is 5.89. The van der Waals surface area contributed by atoms with Crippen molar-refractivity contribution in [3.8, 4) is 5.88 Å². The largest absolute Gasteiger partial charge is 0.478 e. The van der Waals surface area contributed by atoms with Gasteiger partial charge in [0, 0.05) is 23.2 Å². The molecular formula is C13H16ClN3OS. The van der Waals surface area contributed by atoms with Crippen molar-refractivity contribution in [2.75, 3.05) is 18.5 Å². The van der Waals surface area contributed by atoms with E-state index in [1.807, 2.05) is 32.0 Å². The van der Waals surface area contributed by atoms with Crippen LogP contribution in [0.15, 0.2) is 18.2 Å². The van der Waals surface area contributed by atoms with E-state index in [0.29, 0.717) is 18.4 Å². The Morgan fingerprint density at radius 3 is 2.89 bits per heavy atom. The molecule has 102 valence electrons. The summed E-state index contributed by atoms with van der Waals surface area (Å²) in [7, 11) is 0. The van der Waals surface area contributed by atoms with Gasteiger partial charge in [-0.2, -0.15) is 4.98 Å². The Balaban J connectivity index is 1.91. The standard InChI is InChI=1S/C13H16ClN3OS/c1-3-18-12-8-9(2)16-13(17-12)15-7-6-10-4-5-11(14)19-10/h4-5,8H,3,6-7H2,1-2H3,(H,15,16,17). The van der Waals surface area contributed by atoms with Crippen molar-refractivity contribution in [2.45, 2.75) is 20.3 Å². The second-order valence-electron chi connectivity index (χ2n) is 3.99. The second-order valence-corrected chi connectivity index (χ2v) is 5.79. The number of aromatic nitrogens is 2. The summed E-state index contributed by atoms with van der Waals surface area (Å²) in [5, 5.41) is 3.20. The van der Waals surface area contributed by atoms with Crippen LogP contribution in [-0.2, 0) is 6.42 Å². The van der Waals surface area contributed by atoms with Gasteiger partial charge in [0.2, 0.25) is 11.8 Å². The summed E-state index contributed by atoms with van der Waals surface area (Å²) in [6.45, 7) is 5.23. The van der Waals surface area contributed by atoms with Gasteiger partial charge in [0.15, 0.2) is 0 Å². The molecule has 2 aromatic rings. The zero-order chi connectivity index (χ0) is 13.7. The Kier molecular flexibility index (Phi) is 4.99. The van der Waals surface area contributed by atoms with Gasteiger partial charge in [0.05, 0.1) is 10.9 Å². The molecule has 0 unspecified atom stereocenters. The molecular weight excluding hydrogens is 282 g/mol. The molecule has 0 saturated carbocycles. The second kappa shape index (κ2) is 6.73. The van der Waals surface area contributed by atoms with E-state index in [2.05, 4.69) is 15.3 Å². The fraction of sp³-hybridized carbons (Fsp3) is 0.385. The van der Waals surface area contributed by atoms with E-state index in [-0.39, 0.29) is 0 Å². The predicted octanol–water partition coefficient (Wildman–Crippen LogP) is 3.55. The van der Waals surface area contributed by atoms with Crippen LogP contribution in [0, 0.1) is 6.92 Å². The summed E-state index contributed by atoms with van der Waals surface area (Å²) < 4.78 is 6.21. The minimum atomic E-state index is 0.601. The highest BCUT2D eigenvalue weighted by Gasteiger charge is 2.03. The minimum absolute atomic E-state index is 0.601. The fourth-order valence-corrected chi connectivity index (χ4v) is 2.71. The van der Waals surface area contributed by atoms with Gasteiger partial charge < -0.3 is 10.1 Å². The molecule has 0 aromatic carbocycles. The number of hydrogen-bond donors (Lipinski definition) is 1. The lowest BCUT2D eigenvalue weighted by atomic mass is 10.3. The number of anilines is 1. The van der Waals surface area contributed by atoms with Crippen molar-refractivity contribution in [1.82, 2.24) is 9.97 Å². The van der Waals surface area contributed by atoms with E-state index in [9.17, 15) is 0 Å². The Morgan fingerprint density at radius 1 is 1.37 bits per heavy atom. The molecule has 0 saturated heterocycles. The minimum Gasteiger partial charge on any atom is -0.478 e. The average molecular weight is 298 g/mol. The number of aryl methyl sites for hydroxylation is 1. The molecule has 4 nitrogen and oxygen atoms in total. The van der Waals surface area contributed by atoms with Crippen LogP contribution in [0.1, 0.15) is 17.5 Å². The molecule has 0 aliphatic carbocycles. The Morgan fingerprint density at radius 2 is 2.21 bits per heavy atom. The van der Waals surface area contributed by atoms with Crippen molar-refractivity contribution in [1.29, 1.82) is 0 Å². The van der Waals surface area contributed by atoms with Gasteiger partial charge in [-0.1, -0.05) is 11.6 Å². The molecule has 0 radical (unpaired) electrons. The van der Waals surface area contributed by atoms with Crippen molar-refractivity contribution in [2.24, 2.45) is 0 Å². The summed E-state index contributed by atoms with van der Waals surface area (Å²) in [6.07, 6.45) is 0.901. The van der Waals surface area contributed by atoms with Crippen LogP contribution in [-0.4, -0.2) is 23.1 Å². The average Bonchev–Trinajstić information content (AvgIpc) is 2.75. The molecule has 0 amide bonds. The van der Waals surface area contributed by atoms with E-state index in [0.717, 1.165) is 23.0 Å². The third-order valence-corrected chi connectivity index (χ3v) is 3.70. The van der Waals surface area contributed by atoms with Crippen molar-refractivity contribution >= 4 is 28.9 Å². The summed E-state index contributed by atoms with van der Waals surface area (Å²) in [4.78, 5) is 9.87. The van der Waals surface area contributed by atoms with Crippen LogP contribution in [0.3, 0.4) is 0 Å². The summed E-state index contributed by atoms with van der Waals surface area (Å²) >= 11 is 7.49. The van der Waals surface area contributed by atoms with Gasteiger partial charge in [-0.15, -0.1) is 11.3 Å². The molecule has 0 aliphatic heterocycles. The number of rotatable bonds is 6. The first-order chi connectivity index (χ1) is 9.17. The van der Waals surface area contributed by atoms with E-state index in [1.165, 1.54) is 4.88 Å². The monoisotopic (exact) mass is 297 g/mol. The first kappa shape index (κ1) is 14.1. The van der Waals surface area contributed by atoms with Crippen LogP contribution in [0.25, 0.3) is 0 Å². The first-order valence-corrected chi connectivity index (χ1v) is 7.33. The third kappa shape index (κ3) is 4.36. The van der Waals surface area contributed by atoms with E-state index in [1.54, 1.807) is 11.3 Å². The maximum Gasteiger partial charge on any atom is 0.226 e. The van der Waals surface area contributed by atoms with Crippen LogP contribution in [0.2, 0.25) is 4.34 Å². The Hall–Kier alpha value is -1.33. The highest BCUT2D eigenvalue weighted by molar-refractivity contribution is 7.16. The van der Waals surface area contributed by atoms with Gasteiger partial charge in [0.1, 0.15) is 0 Å². The van der Waals surface area contributed by atoms with Crippen molar-refractivity contribution in [3.05, 3.63) is 33.1 Å². The smallest absolute Gasteiger partial charge is 0.226 e. The predicted molar refractivity (Wildman–Crippen MR) is 79.5 cm³/mol. The van der Waals surface area contributed by atoms with Crippen LogP contribution < -0.4 is 10.1 Å². The third-order valence-electron chi connectivity index (χ3n) is 2.41. The molecule has 0 spiro atoms. The molecule has 1 N–H and O–H groups in total. The number of nitrogens with zero attached hydrogens (tertiary/aromatic N) is 2. The lowest BCUT2D eigenvalue weighted by molar-refractivity contribution is 0.326. The number of halogens is 1. The zero-order valence-corrected chi connectivity index (χ0v) is 12.5. The Labute approximate surface area is 121 Å². The van der Waals surface area contributed by atoms with Crippen molar-refractivity contribution < 1.29 is 4.74 Å². The molecule has 2 rings (SSSR count). The molecule has 2 aromatic heterocycles. The zero-order valence-electron chi connectivity index (χ0n) is 10.9.